The first-order valence-corrected chi connectivity index (χ1v) is 11.0. The molecule has 1 aliphatic heterocycles. The fourth-order valence-electron chi connectivity index (χ4n) is 3.78. The summed E-state index contributed by atoms with van der Waals surface area (Å²) in [5.74, 6) is -1.44. The van der Waals surface area contributed by atoms with Crippen molar-refractivity contribution in [2.24, 2.45) is 0 Å². The number of amides is 1. The Bertz CT molecular complexity index is 1200. The van der Waals surface area contributed by atoms with Crippen molar-refractivity contribution in [2.75, 3.05) is 6.61 Å². The van der Waals surface area contributed by atoms with Crippen LogP contribution in [0.4, 0.5) is 13.2 Å². The highest BCUT2D eigenvalue weighted by molar-refractivity contribution is 7.16. The van der Waals surface area contributed by atoms with Crippen molar-refractivity contribution in [1.82, 2.24) is 5.32 Å². The maximum atomic E-state index is 13.4. The molecule has 0 unspecified atom stereocenters. The van der Waals surface area contributed by atoms with E-state index < -0.39 is 29.7 Å². The standard InChI is InChI=1S/C24H20F3NO4S/c1-13(14-5-7-15(8-6-14)23(30)31)28-22(29)20-18-9-10-32-12-19(18)33-21(20)16-3-2-4-17(11-16)24(25,26)27/h2-8,11,13H,9-10,12H2,1H3,(H,28,29)(H,30,31)/t13-/m0/s1. The Morgan fingerprint density at radius 1 is 1.15 bits per heavy atom. The molecule has 172 valence electrons. The average molecular weight is 475 g/mol. The highest BCUT2D eigenvalue weighted by Crippen LogP contribution is 2.41. The lowest BCUT2D eigenvalue weighted by Crippen LogP contribution is -2.28. The molecule has 0 radical (unpaired) electrons. The summed E-state index contributed by atoms with van der Waals surface area (Å²) in [6.45, 7) is 2.50. The van der Waals surface area contributed by atoms with Gasteiger partial charge in [0.2, 0.25) is 0 Å². The Morgan fingerprint density at radius 3 is 2.55 bits per heavy atom. The molecule has 2 heterocycles. The zero-order valence-electron chi connectivity index (χ0n) is 17.5. The van der Waals surface area contributed by atoms with Gasteiger partial charge in [-0.2, -0.15) is 13.2 Å². The molecule has 1 aliphatic rings. The van der Waals surface area contributed by atoms with Crippen molar-refractivity contribution in [3.63, 3.8) is 0 Å². The summed E-state index contributed by atoms with van der Waals surface area (Å²) in [4.78, 5) is 25.7. The van der Waals surface area contributed by atoms with Crippen LogP contribution in [0.3, 0.4) is 0 Å². The van der Waals surface area contributed by atoms with E-state index in [1.165, 1.54) is 29.5 Å². The number of alkyl halides is 3. The molecule has 0 saturated carbocycles. The predicted molar refractivity (Wildman–Crippen MR) is 117 cm³/mol. The van der Waals surface area contributed by atoms with Crippen molar-refractivity contribution in [3.05, 3.63) is 81.2 Å². The number of fused-ring (bicyclic) bond motifs is 1. The zero-order chi connectivity index (χ0) is 23.8. The largest absolute Gasteiger partial charge is 0.478 e. The number of carboxylic acid groups (broad SMARTS) is 1. The lowest BCUT2D eigenvalue weighted by Gasteiger charge is -2.18. The Balaban J connectivity index is 1.69. The molecule has 33 heavy (non-hydrogen) atoms. The van der Waals surface area contributed by atoms with E-state index in [-0.39, 0.29) is 5.56 Å². The fraction of sp³-hybridized carbons (Fsp3) is 0.250. The number of ether oxygens (including phenoxy) is 1. The highest BCUT2D eigenvalue weighted by Gasteiger charge is 2.32. The number of carboxylic acids is 1. The molecular formula is C24H20F3NO4S. The summed E-state index contributed by atoms with van der Waals surface area (Å²) in [5.41, 5.74) is 1.56. The number of hydrogen-bond donors (Lipinski definition) is 2. The van der Waals surface area contributed by atoms with E-state index in [9.17, 15) is 22.8 Å². The maximum absolute atomic E-state index is 13.4. The first kappa shape index (κ1) is 23.0. The number of rotatable bonds is 5. The van der Waals surface area contributed by atoms with E-state index in [1.54, 1.807) is 25.1 Å². The lowest BCUT2D eigenvalue weighted by molar-refractivity contribution is -0.137. The minimum atomic E-state index is -4.49. The molecular weight excluding hydrogens is 455 g/mol. The minimum absolute atomic E-state index is 0.135. The van der Waals surface area contributed by atoms with Crippen LogP contribution in [0.2, 0.25) is 0 Å². The van der Waals surface area contributed by atoms with E-state index >= 15 is 0 Å². The second-order valence-corrected chi connectivity index (χ2v) is 8.82. The summed E-state index contributed by atoms with van der Waals surface area (Å²) < 4.78 is 45.3. The van der Waals surface area contributed by atoms with Crippen LogP contribution in [0, 0.1) is 0 Å². The summed E-state index contributed by atoms with van der Waals surface area (Å²) >= 11 is 1.27. The smallest absolute Gasteiger partial charge is 0.416 e. The van der Waals surface area contributed by atoms with Crippen molar-refractivity contribution in [3.8, 4) is 10.4 Å². The molecule has 0 saturated heterocycles. The number of nitrogens with one attached hydrogen (secondary N) is 1. The summed E-state index contributed by atoms with van der Waals surface area (Å²) in [6.07, 6.45) is -4.00. The molecule has 1 atom stereocenters. The monoisotopic (exact) mass is 475 g/mol. The Kier molecular flexibility index (Phi) is 6.27. The summed E-state index contributed by atoms with van der Waals surface area (Å²) in [7, 11) is 0. The van der Waals surface area contributed by atoms with Crippen LogP contribution in [-0.4, -0.2) is 23.6 Å². The minimum Gasteiger partial charge on any atom is -0.478 e. The van der Waals surface area contributed by atoms with Gasteiger partial charge in [-0.15, -0.1) is 11.3 Å². The third kappa shape index (κ3) is 4.79. The molecule has 5 nitrogen and oxygen atoms in total. The molecule has 2 N–H and O–H groups in total. The number of hydrogen-bond acceptors (Lipinski definition) is 4. The Labute approximate surface area is 191 Å². The van der Waals surface area contributed by atoms with Gasteiger partial charge in [-0.05, 0) is 54.3 Å². The van der Waals surface area contributed by atoms with Crippen LogP contribution in [0.5, 0.6) is 0 Å². The van der Waals surface area contributed by atoms with E-state index in [4.69, 9.17) is 9.84 Å². The lowest BCUT2D eigenvalue weighted by atomic mass is 9.98. The topological polar surface area (TPSA) is 75.6 Å². The number of thiophene rings is 1. The van der Waals surface area contributed by atoms with E-state index in [1.807, 2.05) is 0 Å². The van der Waals surface area contributed by atoms with Gasteiger partial charge < -0.3 is 15.2 Å². The normalized spacial score (nSPS) is 14.4. The van der Waals surface area contributed by atoms with Gasteiger partial charge in [0.1, 0.15) is 0 Å². The van der Waals surface area contributed by atoms with Gasteiger partial charge in [0, 0.05) is 9.75 Å². The van der Waals surface area contributed by atoms with Gasteiger partial charge in [-0.25, -0.2) is 4.79 Å². The number of halogens is 3. The van der Waals surface area contributed by atoms with Crippen molar-refractivity contribution in [1.29, 1.82) is 0 Å². The quantitative estimate of drug-likeness (QED) is 0.497. The SMILES string of the molecule is C[C@H](NC(=O)c1c(-c2cccc(C(F)(F)F)c2)sc2c1CCOC2)c1ccc(C(=O)O)cc1. The molecule has 3 aromatic rings. The van der Waals surface area contributed by atoms with Crippen LogP contribution >= 0.6 is 11.3 Å². The molecule has 1 amide bonds. The molecule has 0 fully saturated rings. The number of carbonyl (C=O) groups excluding carboxylic acids is 1. The maximum Gasteiger partial charge on any atom is 0.416 e. The third-order valence-corrected chi connectivity index (χ3v) is 6.76. The Morgan fingerprint density at radius 2 is 1.88 bits per heavy atom. The molecule has 2 aromatic carbocycles. The fourth-order valence-corrected chi connectivity index (χ4v) is 5.06. The molecule has 0 aliphatic carbocycles. The van der Waals surface area contributed by atoms with Gasteiger partial charge in [-0.1, -0.05) is 24.3 Å². The van der Waals surface area contributed by atoms with Crippen molar-refractivity contribution < 1.29 is 32.6 Å². The van der Waals surface area contributed by atoms with Gasteiger partial charge in [0.15, 0.2) is 0 Å². The molecule has 1 aromatic heterocycles. The van der Waals surface area contributed by atoms with Crippen LogP contribution in [0.1, 0.15) is 55.2 Å². The number of benzene rings is 2. The van der Waals surface area contributed by atoms with Crippen molar-refractivity contribution >= 4 is 23.2 Å². The second-order valence-electron chi connectivity index (χ2n) is 7.71. The van der Waals surface area contributed by atoms with Gasteiger partial charge in [0.05, 0.1) is 35.9 Å². The van der Waals surface area contributed by atoms with E-state index in [2.05, 4.69) is 5.32 Å². The number of carbonyl (C=O) groups is 2. The van der Waals surface area contributed by atoms with Crippen molar-refractivity contribution in [2.45, 2.75) is 32.2 Å². The van der Waals surface area contributed by atoms with E-state index in [0.29, 0.717) is 41.2 Å². The van der Waals surface area contributed by atoms with Gasteiger partial charge in [0.25, 0.3) is 5.91 Å². The van der Waals surface area contributed by atoms with Gasteiger partial charge >= 0.3 is 12.1 Å². The molecule has 9 heteroatoms. The Hall–Kier alpha value is -3.17. The number of aromatic carboxylic acids is 1. The molecule has 4 rings (SSSR count). The second kappa shape index (κ2) is 8.99. The van der Waals surface area contributed by atoms with E-state index in [0.717, 1.165) is 22.6 Å². The third-order valence-electron chi connectivity index (χ3n) is 5.50. The summed E-state index contributed by atoms with van der Waals surface area (Å²) in [6, 6.07) is 10.7. The highest BCUT2D eigenvalue weighted by atomic mass is 32.1. The summed E-state index contributed by atoms with van der Waals surface area (Å²) in [5, 5.41) is 12.0. The predicted octanol–water partition coefficient (Wildman–Crippen LogP) is 5.70. The van der Waals surface area contributed by atoms with Crippen LogP contribution in [0.25, 0.3) is 10.4 Å². The zero-order valence-corrected chi connectivity index (χ0v) is 18.3. The molecule has 0 spiro atoms. The van der Waals surface area contributed by atoms with Crippen LogP contribution in [-0.2, 0) is 23.9 Å². The first-order chi connectivity index (χ1) is 15.6. The van der Waals surface area contributed by atoms with Crippen LogP contribution < -0.4 is 5.32 Å². The van der Waals surface area contributed by atoms with Crippen LogP contribution in [0.15, 0.2) is 48.5 Å². The first-order valence-electron chi connectivity index (χ1n) is 10.2. The van der Waals surface area contributed by atoms with Gasteiger partial charge in [-0.3, -0.25) is 4.79 Å². The average Bonchev–Trinajstić information content (AvgIpc) is 3.18. The molecule has 0 bridgehead atoms.